The molecule has 0 fully saturated rings. The quantitative estimate of drug-likeness (QED) is 0.529. The lowest BCUT2D eigenvalue weighted by Gasteiger charge is -2.18. The van der Waals surface area contributed by atoms with Gasteiger partial charge in [0, 0.05) is 0 Å². The van der Waals surface area contributed by atoms with Crippen LogP contribution in [0.4, 0.5) is 8.78 Å². The summed E-state index contributed by atoms with van der Waals surface area (Å²) in [6.07, 6.45) is 1.30. The fourth-order valence-electron chi connectivity index (χ4n) is 1.25. The Balaban J connectivity index is 3.37. The number of rotatable bonds is 2. The molecule has 0 saturated carbocycles. The number of hydrogen-bond acceptors (Lipinski definition) is 2. The molecule has 0 bridgehead atoms. The minimum Gasteiger partial charge on any atom is -0.211 e. The lowest BCUT2D eigenvalue weighted by molar-refractivity contribution is 0.456. The van der Waals surface area contributed by atoms with Crippen molar-refractivity contribution < 1.29 is 13.6 Å². The Morgan fingerprint density at radius 2 is 1.79 bits per heavy atom. The van der Waals surface area contributed by atoms with E-state index in [2.05, 4.69) is 4.99 Å². The summed E-state index contributed by atoms with van der Waals surface area (Å²) in [5, 5.41) is 0. The maximum atomic E-state index is 13.2. The van der Waals surface area contributed by atoms with E-state index in [9.17, 15) is 13.6 Å². The van der Waals surface area contributed by atoms with E-state index >= 15 is 0 Å². The highest BCUT2D eigenvalue weighted by Crippen LogP contribution is 2.28. The lowest BCUT2D eigenvalue weighted by Crippen LogP contribution is -2.17. The topological polar surface area (TPSA) is 29.4 Å². The molecule has 0 N–H and O–H groups in total. The van der Waals surface area contributed by atoms with Gasteiger partial charge in [-0.2, -0.15) is 4.99 Å². The highest BCUT2D eigenvalue weighted by atomic mass is 19.1. The van der Waals surface area contributed by atoms with Crippen molar-refractivity contribution in [3.05, 3.63) is 35.4 Å². The molecular weight excluding hydrogens is 188 g/mol. The Kier molecular flexibility index (Phi) is 2.77. The monoisotopic (exact) mass is 197 g/mol. The number of nitrogens with zero attached hydrogens (tertiary/aromatic N) is 1. The van der Waals surface area contributed by atoms with Crippen molar-refractivity contribution in [2.75, 3.05) is 0 Å². The van der Waals surface area contributed by atoms with Gasteiger partial charge in [-0.05, 0) is 26.0 Å². The van der Waals surface area contributed by atoms with E-state index in [4.69, 9.17) is 0 Å². The summed E-state index contributed by atoms with van der Waals surface area (Å²) in [5.74, 6) is -1.43. The summed E-state index contributed by atoms with van der Waals surface area (Å²) in [6, 6.07) is 3.51. The molecule has 0 saturated heterocycles. The van der Waals surface area contributed by atoms with E-state index in [0.717, 1.165) is 12.1 Å². The van der Waals surface area contributed by atoms with Crippen LogP contribution in [-0.2, 0) is 10.3 Å². The van der Waals surface area contributed by atoms with Gasteiger partial charge in [0.25, 0.3) is 0 Å². The molecule has 0 heterocycles. The first kappa shape index (κ1) is 10.5. The van der Waals surface area contributed by atoms with Crippen molar-refractivity contribution in [3.8, 4) is 0 Å². The number of aliphatic imine (C=N–C) groups is 1. The standard InChI is InChI=1S/C10H9F2NO/c1-10(2,13-6-14)9-7(11)4-3-5-8(9)12/h3-5H,1-2H3. The third-order valence-electron chi connectivity index (χ3n) is 1.90. The van der Waals surface area contributed by atoms with E-state index in [0.29, 0.717) is 0 Å². The fraction of sp³-hybridized carbons (Fsp3) is 0.300. The fourth-order valence-corrected chi connectivity index (χ4v) is 1.25. The van der Waals surface area contributed by atoms with Crippen molar-refractivity contribution in [2.45, 2.75) is 19.4 Å². The molecule has 1 aromatic rings. The number of benzene rings is 1. The molecule has 2 nitrogen and oxygen atoms in total. The van der Waals surface area contributed by atoms with E-state index in [1.54, 1.807) is 0 Å². The molecule has 74 valence electrons. The van der Waals surface area contributed by atoms with E-state index in [1.807, 2.05) is 0 Å². The van der Waals surface area contributed by atoms with Gasteiger partial charge in [0.2, 0.25) is 6.08 Å². The molecule has 14 heavy (non-hydrogen) atoms. The summed E-state index contributed by atoms with van der Waals surface area (Å²) < 4.78 is 26.5. The van der Waals surface area contributed by atoms with Crippen LogP contribution in [0.25, 0.3) is 0 Å². The minimum absolute atomic E-state index is 0.219. The zero-order chi connectivity index (χ0) is 10.8. The molecule has 0 atom stereocenters. The molecular formula is C10H9F2NO. The Morgan fingerprint density at radius 3 is 2.21 bits per heavy atom. The maximum Gasteiger partial charge on any atom is 0.235 e. The minimum atomic E-state index is -1.23. The molecule has 0 unspecified atom stereocenters. The average Bonchev–Trinajstić information content (AvgIpc) is 2.02. The first-order chi connectivity index (χ1) is 6.49. The summed E-state index contributed by atoms with van der Waals surface area (Å²) in [7, 11) is 0. The van der Waals surface area contributed by atoms with Crippen molar-refractivity contribution >= 4 is 6.08 Å². The van der Waals surface area contributed by atoms with Gasteiger partial charge in [-0.25, -0.2) is 13.6 Å². The van der Waals surface area contributed by atoms with Crippen LogP contribution in [-0.4, -0.2) is 6.08 Å². The maximum absolute atomic E-state index is 13.2. The summed E-state index contributed by atoms with van der Waals surface area (Å²) >= 11 is 0. The predicted octanol–water partition coefficient (Wildman–Crippen LogP) is 2.54. The second kappa shape index (κ2) is 3.68. The molecule has 1 aromatic carbocycles. The predicted molar refractivity (Wildman–Crippen MR) is 47.5 cm³/mol. The van der Waals surface area contributed by atoms with Gasteiger partial charge in [-0.3, -0.25) is 0 Å². The van der Waals surface area contributed by atoms with Crippen molar-refractivity contribution in [3.63, 3.8) is 0 Å². The zero-order valence-corrected chi connectivity index (χ0v) is 7.84. The van der Waals surface area contributed by atoms with E-state index < -0.39 is 17.2 Å². The Labute approximate surface area is 80.3 Å². The molecule has 0 spiro atoms. The smallest absolute Gasteiger partial charge is 0.211 e. The third kappa shape index (κ3) is 1.86. The number of carbonyl (C=O) groups excluding carboxylic acids is 1. The summed E-state index contributed by atoms with van der Waals surface area (Å²) in [5.41, 5.74) is -1.44. The van der Waals surface area contributed by atoms with Crippen molar-refractivity contribution in [1.29, 1.82) is 0 Å². The molecule has 1 rings (SSSR count). The molecule has 4 heteroatoms. The lowest BCUT2D eigenvalue weighted by atomic mass is 9.94. The van der Waals surface area contributed by atoms with E-state index in [-0.39, 0.29) is 5.56 Å². The third-order valence-corrected chi connectivity index (χ3v) is 1.90. The van der Waals surface area contributed by atoms with Gasteiger partial charge < -0.3 is 0 Å². The second-order valence-corrected chi connectivity index (χ2v) is 3.36. The van der Waals surface area contributed by atoms with Crippen LogP contribution in [0.1, 0.15) is 19.4 Å². The summed E-state index contributed by atoms with van der Waals surface area (Å²) in [6.45, 7) is 2.89. The van der Waals surface area contributed by atoms with Gasteiger partial charge in [0.1, 0.15) is 11.6 Å². The van der Waals surface area contributed by atoms with E-state index in [1.165, 1.54) is 26.0 Å². The van der Waals surface area contributed by atoms with Crippen molar-refractivity contribution in [2.24, 2.45) is 4.99 Å². The average molecular weight is 197 g/mol. The molecule has 0 aromatic heterocycles. The van der Waals surface area contributed by atoms with Gasteiger partial charge in [0.15, 0.2) is 0 Å². The van der Waals surface area contributed by atoms with Gasteiger partial charge in [0.05, 0.1) is 11.1 Å². The Hall–Kier alpha value is -1.54. The highest BCUT2D eigenvalue weighted by molar-refractivity contribution is 5.38. The van der Waals surface area contributed by atoms with Crippen LogP contribution in [0.2, 0.25) is 0 Å². The number of halogens is 2. The van der Waals surface area contributed by atoms with Crippen LogP contribution >= 0.6 is 0 Å². The highest BCUT2D eigenvalue weighted by Gasteiger charge is 2.27. The van der Waals surface area contributed by atoms with Crippen LogP contribution in [0, 0.1) is 11.6 Å². The molecule has 0 aliphatic heterocycles. The SMILES string of the molecule is CC(C)(N=C=O)c1c(F)cccc1F. The second-order valence-electron chi connectivity index (χ2n) is 3.36. The van der Waals surface area contributed by atoms with Gasteiger partial charge in [-0.1, -0.05) is 6.07 Å². The molecule has 0 aliphatic rings. The Morgan fingerprint density at radius 1 is 1.29 bits per heavy atom. The number of isocyanates is 1. The largest absolute Gasteiger partial charge is 0.235 e. The normalized spacial score (nSPS) is 10.9. The number of hydrogen-bond donors (Lipinski definition) is 0. The van der Waals surface area contributed by atoms with Crippen LogP contribution < -0.4 is 0 Å². The Bertz CT molecular complexity index is 375. The summed E-state index contributed by atoms with van der Waals surface area (Å²) in [4.78, 5) is 13.4. The van der Waals surface area contributed by atoms with Gasteiger partial charge >= 0.3 is 0 Å². The zero-order valence-electron chi connectivity index (χ0n) is 7.84. The van der Waals surface area contributed by atoms with Crippen LogP contribution in [0.15, 0.2) is 23.2 Å². The first-order valence-electron chi connectivity index (χ1n) is 4.02. The van der Waals surface area contributed by atoms with Gasteiger partial charge in [-0.15, -0.1) is 0 Å². The van der Waals surface area contributed by atoms with Crippen LogP contribution in [0.5, 0.6) is 0 Å². The molecule has 0 aliphatic carbocycles. The molecule has 0 amide bonds. The van der Waals surface area contributed by atoms with Crippen molar-refractivity contribution in [1.82, 2.24) is 0 Å². The molecule has 0 radical (unpaired) electrons. The first-order valence-corrected chi connectivity index (χ1v) is 4.02. The van der Waals surface area contributed by atoms with Crippen LogP contribution in [0.3, 0.4) is 0 Å².